The molecule has 0 saturated carbocycles. The molecule has 1 amide bonds. The Balaban J connectivity index is 1.71. The fraction of sp³-hybridized carbons (Fsp3) is 0.360. The van der Waals surface area contributed by atoms with Crippen molar-refractivity contribution in [2.75, 3.05) is 12.8 Å². The van der Waals surface area contributed by atoms with Gasteiger partial charge in [0, 0.05) is 30.8 Å². The van der Waals surface area contributed by atoms with E-state index in [9.17, 15) is 27.1 Å². The average molecular weight is 538 g/mol. The molecule has 0 saturated heterocycles. The molecule has 0 bridgehead atoms. The number of hydrogen-bond acceptors (Lipinski definition) is 7. The highest BCUT2D eigenvalue weighted by Gasteiger charge is 2.24. The van der Waals surface area contributed by atoms with Crippen molar-refractivity contribution in [2.24, 2.45) is 0 Å². The molecular weight excluding hydrogens is 508 g/mol. The van der Waals surface area contributed by atoms with Gasteiger partial charge in [-0.05, 0) is 41.7 Å². The highest BCUT2D eigenvalue weighted by Crippen LogP contribution is 2.15. The quantitative estimate of drug-likeness (QED) is 0.328. The van der Waals surface area contributed by atoms with Crippen molar-refractivity contribution in [2.45, 2.75) is 44.2 Å². The zero-order valence-corrected chi connectivity index (χ0v) is 21.6. The fourth-order valence-corrected chi connectivity index (χ4v) is 5.67. The summed E-state index contributed by atoms with van der Waals surface area (Å²) in [5, 5.41) is 18.4. The van der Waals surface area contributed by atoms with Crippen molar-refractivity contribution in [1.82, 2.24) is 15.6 Å². The second-order valence-corrected chi connectivity index (χ2v) is 11.7. The van der Waals surface area contributed by atoms with Crippen LogP contribution in [0.4, 0.5) is 8.78 Å². The summed E-state index contributed by atoms with van der Waals surface area (Å²) in [4.78, 5) is 16.9. The summed E-state index contributed by atoms with van der Waals surface area (Å²) in [5.74, 6) is -2.43. The summed E-state index contributed by atoms with van der Waals surface area (Å²) >= 11 is 1.04. The molecule has 11 heteroatoms. The maximum atomic E-state index is 13.7. The normalized spacial score (nSPS) is 13.4. The maximum Gasteiger partial charge on any atom is 0.271 e. The van der Waals surface area contributed by atoms with Crippen molar-refractivity contribution < 1.29 is 27.1 Å². The summed E-state index contributed by atoms with van der Waals surface area (Å²) in [7, 11) is -3.32. The Kier molecular flexibility index (Phi) is 9.66. The Morgan fingerprint density at radius 2 is 1.81 bits per heavy atom. The number of benzene rings is 2. The van der Waals surface area contributed by atoms with Crippen molar-refractivity contribution in [3.63, 3.8) is 0 Å². The van der Waals surface area contributed by atoms with Crippen molar-refractivity contribution >= 4 is 27.1 Å². The lowest BCUT2D eigenvalue weighted by Crippen LogP contribution is -2.48. The first-order valence-corrected chi connectivity index (χ1v) is 14.3. The van der Waals surface area contributed by atoms with Gasteiger partial charge >= 0.3 is 0 Å². The number of amides is 1. The van der Waals surface area contributed by atoms with E-state index in [0.29, 0.717) is 6.54 Å². The van der Waals surface area contributed by atoms with Gasteiger partial charge in [-0.15, -0.1) is 11.3 Å². The minimum Gasteiger partial charge on any atom is -0.390 e. The molecular formula is C25H29F2N3O4S2. The maximum absolute atomic E-state index is 13.7. The van der Waals surface area contributed by atoms with E-state index in [0.717, 1.165) is 47.8 Å². The topological polar surface area (TPSA) is 108 Å². The first kappa shape index (κ1) is 27.9. The molecule has 0 spiro atoms. The second kappa shape index (κ2) is 12.5. The van der Waals surface area contributed by atoms with E-state index in [2.05, 4.69) is 28.6 Å². The molecule has 0 aliphatic carbocycles. The Hall–Kier alpha value is -2.73. The molecule has 1 heterocycles. The summed E-state index contributed by atoms with van der Waals surface area (Å²) in [6.07, 6.45) is 0.847. The minimum absolute atomic E-state index is 0.00520. The third-order valence-electron chi connectivity index (χ3n) is 5.41. The number of rotatable bonds is 12. The van der Waals surface area contributed by atoms with Gasteiger partial charge in [0.15, 0.2) is 9.84 Å². The fourth-order valence-electron chi connectivity index (χ4n) is 3.68. The van der Waals surface area contributed by atoms with E-state index < -0.39 is 39.5 Å². The Morgan fingerprint density at radius 1 is 1.11 bits per heavy atom. The molecule has 3 N–H and O–H groups in total. The van der Waals surface area contributed by atoms with Gasteiger partial charge in [-0.25, -0.2) is 22.2 Å². The molecule has 3 rings (SSSR count). The number of carbonyl (C=O) groups excluding carboxylic acids is 1. The SMILES string of the molecule is CCc1cccc(CNCC(O)C(Cc2cc(F)cc(F)c2)NC(=O)c2csc(CS(C)(=O)=O)n2)c1. The summed E-state index contributed by atoms with van der Waals surface area (Å²) in [6, 6.07) is 10.2. The van der Waals surface area contributed by atoms with Crippen molar-refractivity contribution in [3.8, 4) is 0 Å². The van der Waals surface area contributed by atoms with E-state index in [4.69, 9.17) is 0 Å². The van der Waals surface area contributed by atoms with Crippen LogP contribution in [-0.2, 0) is 35.0 Å². The minimum atomic E-state index is -3.32. The second-order valence-electron chi connectivity index (χ2n) is 8.63. The Bertz CT molecular complexity index is 1280. The van der Waals surface area contributed by atoms with E-state index in [-0.39, 0.29) is 35.0 Å². The van der Waals surface area contributed by atoms with Crippen LogP contribution in [0.3, 0.4) is 0 Å². The Labute approximate surface area is 213 Å². The summed E-state index contributed by atoms with van der Waals surface area (Å²) < 4.78 is 50.5. The van der Waals surface area contributed by atoms with Gasteiger partial charge in [-0.1, -0.05) is 31.2 Å². The first-order valence-electron chi connectivity index (χ1n) is 11.4. The van der Waals surface area contributed by atoms with E-state index in [1.54, 1.807) is 0 Å². The number of carbonyl (C=O) groups is 1. The van der Waals surface area contributed by atoms with Crippen LogP contribution < -0.4 is 10.6 Å². The van der Waals surface area contributed by atoms with Gasteiger partial charge in [-0.2, -0.15) is 0 Å². The van der Waals surface area contributed by atoms with Gasteiger partial charge in [0.05, 0.1) is 12.1 Å². The number of aromatic nitrogens is 1. The van der Waals surface area contributed by atoms with Crippen LogP contribution in [-0.4, -0.2) is 49.4 Å². The number of hydrogen-bond donors (Lipinski definition) is 3. The smallest absolute Gasteiger partial charge is 0.271 e. The number of sulfone groups is 1. The molecule has 2 aromatic carbocycles. The summed E-state index contributed by atoms with van der Waals surface area (Å²) in [6.45, 7) is 2.65. The van der Waals surface area contributed by atoms with Crippen LogP contribution in [0.5, 0.6) is 0 Å². The molecule has 194 valence electrons. The molecule has 2 unspecified atom stereocenters. The molecule has 3 aromatic rings. The zero-order chi connectivity index (χ0) is 26.3. The van der Waals surface area contributed by atoms with E-state index >= 15 is 0 Å². The molecule has 0 aliphatic heterocycles. The van der Waals surface area contributed by atoms with Crippen LogP contribution in [0.15, 0.2) is 47.8 Å². The summed E-state index contributed by atoms with van der Waals surface area (Å²) in [5.41, 5.74) is 2.50. The number of aliphatic hydroxyl groups is 1. The number of nitrogens with zero attached hydrogens (tertiary/aromatic N) is 1. The van der Waals surface area contributed by atoms with Crippen molar-refractivity contribution in [1.29, 1.82) is 0 Å². The lowest BCUT2D eigenvalue weighted by Gasteiger charge is -2.24. The third kappa shape index (κ3) is 8.74. The molecule has 0 radical (unpaired) electrons. The van der Waals surface area contributed by atoms with Crippen LogP contribution in [0.2, 0.25) is 0 Å². The number of aliphatic hydroxyl groups excluding tert-OH is 1. The molecule has 0 aliphatic rings. The van der Waals surface area contributed by atoms with Gasteiger partial charge in [0.1, 0.15) is 28.1 Å². The van der Waals surface area contributed by atoms with Crippen molar-refractivity contribution in [3.05, 3.63) is 86.9 Å². The molecule has 1 aromatic heterocycles. The van der Waals surface area contributed by atoms with Gasteiger partial charge in [-0.3, -0.25) is 4.79 Å². The first-order chi connectivity index (χ1) is 17.0. The van der Waals surface area contributed by atoms with Crippen LogP contribution in [0.1, 0.15) is 39.1 Å². The van der Waals surface area contributed by atoms with Crippen LogP contribution in [0.25, 0.3) is 0 Å². The van der Waals surface area contributed by atoms with Gasteiger partial charge in [0.25, 0.3) is 5.91 Å². The zero-order valence-electron chi connectivity index (χ0n) is 20.0. The van der Waals surface area contributed by atoms with Crippen LogP contribution in [0, 0.1) is 11.6 Å². The number of nitrogens with one attached hydrogen (secondary N) is 2. The van der Waals surface area contributed by atoms with Crippen LogP contribution >= 0.6 is 11.3 Å². The van der Waals surface area contributed by atoms with Gasteiger partial charge in [0.2, 0.25) is 0 Å². The highest BCUT2D eigenvalue weighted by atomic mass is 32.2. The number of aryl methyl sites for hydroxylation is 1. The predicted molar refractivity (Wildman–Crippen MR) is 136 cm³/mol. The molecule has 2 atom stereocenters. The Morgan fingerprint density at radius 3 is 2.47 bits per heavy atom. The third-order valence-corrected chi connectivity index (χ3v) is 7.24. The largest absolute Gasteiger partial charge is 0.390 e. The molecule has 0 fully saturated rings. The monoisotopic (exact) mass is 537 g/mol. The highest BCUT2D eigenvalue weighted by molar-refractivity contribution is 7.90. The predicted octanol–water partition coefficient (Wildman–Crippen LogP) is 3.02. The molecule has 7 nitrogen and oxygen atoms in total. The van der Waals surface area contributed by atoms with Gasteiger partial charge < -0.3 is 15.7 Å². The lowest BCUT2D eigenvalue weighted by molar-refractivity contribution is 0.0825. The van der Waals surface area contributed by atoms with E-state index in [1.807, 2.05) is 18.2 Å². The van der Waals surface area contributed by atoms with E-state index in [1.165, 1.54) is 10.9 Å². The average Bonchev–Trinajstić information content (AvgIpc) is 3.25. The number of thiazole rings is 1. The molecule has 36 heavy (non-hydrogen) atoms. The lowest BCUT2D eigenvalue weighted by atomic mass is 10.00. The standard InChI is InChI=1S/C25H29F2N3O4S2/c1-3-16-5-4-6-17(7-16)12-28-13-23(31)21(10-18-8-19(26)11-20(27)9-18)30-25(32)22-14-35-24(29-22)15-36(2,33)34/h4-9,11,14,21,23,28,31H,3,10,12-13,15H2,1-2H3,(H,30,32). The number of halogens is 2.